The first-order valence-electron chi connectivity index (χ1n) is 12.3. The topological polar surface area (TPSA) is 174 Å². The lowest BCUT2D eigenvalue weighted by molar-refractivity contribution is -0.384. The minimum absolute atomic E-state index is 0.0523. The highest BCUT2D eigenvalue weighted by molar-refractivity contribution is 7.99. The first-order chi connectivity index (χ1) is 18.9. The van der Waals surface area contributed by atoms with Gasteiger partial charge < -0.3 is 25.2 Å². The van der Waals surface area contributed by atoms with Gasteiger partial charge in [0.2, 0.25) is 11.8 Å². The van der Waals surface area contributed by atoms with Crippen molar-refractivity contribution in [2.45, 2.75) is 44.5 Å². The van der Waals surface area contributed by atoms with Gasteiger partial charge in [-0.05, 0) is 29.7 Å². The number of amides is 2. The second kappa shape index (κ2) is 15.5. The largest absolute Gasteiger partial charge is 0.497 e. The van der Waals surface area contributed by atoms with E-state index in [4.69, 9.17) is 9.47 Å². The fourth-order valence-corrected chi connectivity index (χ4v) is 4.65. The number of benzene rings is 2. The summed E-state index contributed by atoms with van der Waals surface area (Å²) in [6.07, 6.45) is -0.726. The lowest BCUT2D eigenvalue weighted by atomic mass is 10.0. The van der Waals surface area contributed by atoms with E-state index in [1.165, 1.54) is 38.1 Å². The maximum Gasteiger partial charge on any atom is 0.305 e. The Labute approximate surface area is 236 Å². The number of aliphatic carboxylic acids is 1. The highest BCUT2D eigenvalue weighted by Gasteiger charge is 2.30. The Morgan fingerprint density at radius 3 is 2.25 bits per heavy atom. The molecule has 40 heavy (non-hydrogen) atoms. The van der Waals surface area contributed by atoms with Crippen LogP contribution in [0, 0.1) is 16.0 Å². The van der Waals surface area contributed by atoms with Crippen molar-refractivity contribution in [2.75, 3.05) is 20.0 Å². The van der Waals surface area contributed by atoms with Crippen LogP contribution in [0.5, 0.6) is 11.5 Å². The summed E-state index contributed by atoms with van der Waals surface area (Å²) >= 11 is 1.19. The van der Waals surface area contributed by atoms with Crippen molar-refractivity contribution in [2.24, 2.45) is 5.92 Å². The summed E-state index contributed by atoms with van der Waals surface area (Å²) < 4.78 is 10.5. The number of nitro groups is 1. The number of thioether (sulfide) groups is 1. The maximum atomic E-state index is 13.1. The van der Waals surface area contributed by atoms with Crippen molar-refractivity contribution in [1.82, 2.24) is 10.6 Å². The highest BCUT2D eigenvalue weighted by atomic mass is 32.2. The fourth-order valence-electron chi connectivity index (χ4n) is 3.72. The molecule has 12 nitrogen and oxygen atoms in total. The number of Topliss-reactive ketones (excluding diaryl/α,β-unsaturated/α-hetero) is 1. The molecule has 0 aromatic heterocycles. The molecular formula is C27H33N3O9S. The number of carbonyl (C=O) groups is 4. The van der Waals surface area contributed by atoms with Gasteiger partial charge in [-0.15, -0.1) is 11.8 Å². The number of nitrogens with one attached hydrogen (secondary N) is 2. The predicted octanol–water partition coefficient (Wildman–Crippen LogP) is 2.76. The van der Waals surface area contributed by atoms with E-state index < -0.39 is 47.0 Å². The van der Waals surface area contributed by atoms with Crippen LogP contribution in [0.2, 0.25) is 0 Å². The lowest BCUT2D eigenvalue weighted by Crippen LogP contribution is -2.54. The van der Waals surface area contributed by atoms with Crippen molar-refractivity contribution in [1.29, 1.82) is 0 Å². The summed E-state index contributed by atoms with van der Waals surface area (Å²) in [6.45, 7) is 3.43. The Bertz CT molecular complexity index is 1220. The average Bonchev–Trinajstić information content (AvgIpc) is 2.90. The van der Waals surface area contributed by atoms with E-state index in [9.17, 15) is 34.4 Å². The lowest BCUT2D eigenvalue weighted by Gasteiger charge is -2.25. The molecule has 0 saturated heterocycles. The normalized spacial score (nSPS) is 12.2. The van der Waals surface area contributed by atoms with Crippen molar-refractivity contribution in [3.05, 3.63) is 63.7 Å². The molecule has 2 amide bonds. The first kappa shape index (κ1) is 32.1. The predicted molar refractivity (Wildman–Crippen MR) is 148 cm³/mol. The van der Waals surface area contributed by atoms with Gasteiger partial charge in [0, 0.05) is 23.4 Å². The summed E-state index contributed by atoms with van der Waals surface area (Å²) in [5.74, 6) is -2.02. The number of hydrogen-bond acceptors (Lipinski definition) is 9. The van der Waals surface area contributed by atoms with Gasteiger partial charge in [0.1, 0.15) is 17.5 Å². The first-order valence-corrected chi connectivity index (χ1v) is 13.5. The number of hydrogen-bond donors (Lipinski definition) is 3. The Morgan fingerprint density at radius 1 is 1.02 bits per heavy atom. The molecule has 13 heteroatoms. The van der Waals surface area contributed by atoms with Crippen molar-refractivity contribution in [3.8, 4) is 11.5 Å². The van der Waals surface area contributed by atoms with Crippen LogP contribution in [0.3, 0.4) is 0 Å². The summed E-state index contributed by atoms with van der Waals surface area (Å²) in [7, 11) is 2.96. The molecule has 0 aliphatic carbocycles. The molecule has 0 fully saturated rings. The second-order valence-corrected chi connectivity index (χ2v) is 10.2. The Hall–Kier alpha value is -4.13. The van der Waals surface area contributed by atoms with Crippen LogP contribution in [0.25, 0.3) is 0 Å². The van der Waals surface area contributed by atoms with Gasteiger partial charge >= 0.3 is 5.97 Å². The number of carboxylic acid groups (broad SMARTS) is 1. The van der Waals surface area contributed by atoms with Gasteiger partial charge in [0.15, 0.2) is 5.78 Å². The Balaban J connectivity index is 2.03. The Kier molecular flexibility index (Phi) is 12.4. The number of nitrogens with zero attached hydrogens (tertiary/aromatic N) is 1. The average molecular weight is 576 g/mol. The molecule has 3 N–H and O–H groups in total. The van der Waals surface area contributed by atoms with Gasteiger partial charge in [0.05, 0.1) is 43.8 Å². The zero-order chi connectivity index (χ0) is 29.8. The van der Waals surface area contributed by atoms with Gasteiger partial charge in [-0.3, -0.25) is 29.3 Å². The van der Waals surface area contributed by atoms with E-state index in [-0.39, 0.29) is 23.8 Å². The third-order valence-corrected chi connectivity index (χ3v) is 6.87. The summed E-state index contributed by atoms with van der Waals surface area (Å²) in [4.78, 5) is 60.5. The van der Waals surface area contributed by atoms with Crippen LogP contribution in [-0.4, -0.2) is 65.7 Å². The third-order valence-electron chi connectivity index (χ3n) is 5.85. The fraction of sp³-hybridized carbons (Fsp3) is 0.407. The molecule has 0 aliphatic heterocycles. The smallest absolute Gasteiger partial charge is 0.305 e. The minimum atomic E-state index is -1.30. The standard InChI is InChI=1S/C27H33N3O9S/c1-16(2)26(29-24(32)12-18-11-20(38-3)9-10-23(18)39-4)27(35)28-21(13-25(33)34)22(31)15-40-14-17-5-7-19(8-6-17)30(36)37/h5-11,16,21,26H,12-15H2,1-4H3,(H,28,35)(H,29,32)(H,33,34)/t21-,26-/m0/s1. The summed E-state index contributed by atoms with van der Waals surface area (Å²) in [5.41, 5.74) is 1.24. The number of rotatable bonds is 16. The van der Waals surface area contributed by atoms with Crippen LogP contribution < -0.4 is 20.1 Å². The number of ether oxygens (including phenoxy) is 2. The number of non-ortho nitro benzene ring substituents is 1. The van der Waals surface area contributed by atoms with Crippen LogP contribution in [0.1, 0.15) is 31.4 Å². The van der Waals surface area contributed by atoms with E-state index in [1.807, 2.05) is 0 Å². The van der Waals surface area contributed by atoms with Gasteiger partial charge in [-0.25, -0.2) is 0 Å². The van der Waals surface area contributed by atoms with Crippen LogP contribution >= 0.6 is 11.8 Å². The number of methoxy groups -OCH3 is 2. The third kappa shape index (κ3) is 9.88. The van der Waals surface area contributed by atoms with E-state index >= 15 is 0 Å². The molecule has 2 atom stereocenters. The Morgan fingerprint density at radius 2 is 1.70 bits per heavy atom. The summed E-state index contributed by atoms with van der Waals surface area (Å²) in [5, 5.41) is 25.3. The van der Waals surface area contributed by atoms with E-state index in [0.717, 1.165) is 5.56 Å². The van der Waals surface area contributed by atoms with E-state index in [1.54, 1.807) is 44.2 Å². The molecule has 0 radical (unpaired) electrons. The zero-order valence-electron chi connectivity index (χ0n) is 22.7. The maximum absolute atomic E-state index is 13.1. The minimum Gasteiger partial charge on any atom is -0.497 e. The number of nitro benzene ring substituents is 1. The second-order valence-electron chi connectivity index (χ2n) is 9.19. The van der Waals surface area contributed by atoms with Crippen LogP contribution in [0.4, 0.5) is 5.69 Å². The van der Waals surface area contributed by atoms with E-state index in [0.29, 0.717) is 22.8 Å². The van der Waals surface area contributed by atoms with Crippen LogP contribution in [-0.2, 0) is 31.4 Å². The molecule has 2 aromatic rings. The molecule has 0 spiro atoms. The molecule has 0 bridgehead atoms. The number of carbonyl (C=O) groups excluding carboxylic acids is 3. The number of carboxylic acids is 1. The molecular weight excluding hydrogens is 542 g/mol. The number of ketones is 1. The van der Waals surface area contributed by atoms with E-state index in [2.05, 4.69) is 10.6 Å². The summed E-state index contributed by atoms with van der Waals surface area (Å²) in [6, 6.07) is 8.54. The van der Waals surface area contributed by atoms with Gasteiger partial charge in [-0.1, -0.05) is 26.0 Å². The molecule has 216 valence electrons. The molecule has 0 saturated carbocycles. The van der Waals surface area contributed by atoms with Crippen molar-refractivity contribution < 1.29 is 38.7 Å². The van der Waals surface area contributed by atoms with Crippen LogP contribution in [0.15, 0.2) is 42.5 Å². The van der Waals surface area contributed by atoms with Gasteiger partial charge in [0.25, 0.3) is 5.69 Å². The SMILES string of the molecule is COc1ccc(OC)c(CC(=O)N[C@H](C(=O)N[C@@H](CC(=O)O)C(=O)CSCc2ccc([N+](=O)[O-])cc2)C(C)C)c1. The van der Waals surface area contributed by atoms with Gasteiger partial charge in [-0.2, -0.15) is 0 Å². The zero-order valence-corrected chi connectivity index (χ0v) is 23.5. The monoisotopic (exact) mass is 575 g/mol. The highest BCUT2D eigenvalue weighted by Crippen LogP contribution is 2.24. The quantitative estimate of drug-likeness (QED) is 0.199. The molecule has 0 unspecified atom stereocenters. The molecule has 2 rings (SSSR count). The molecule has 0 heterocycles. The van der Waals surface area contributed by atoms with Crippen molar-refractivity contribution >= 4 is 41.0 Å². The molecule has 2 aromatic carbocycles. The molecule has 0 aliphatic rings. The van der Waals surface area contributed by atoms with Crippen molar-refractivity contribution in [3.63, 3.8) is 0 Å².